The Labute approximate surface area is 151 Å². The molecule has 0 aliphatic heterocycles. The number of urea groups is 1. The van der Waals surface area contributed by atoms with Crippen molar-refractivity contribution in [3.05, 3.63) is 45.7 Å². The lowest BCUT2D eigenvalue weighted by molar-refractivity contribution is -0.136. The van der Waals surface area contributed by atoms with Crippen molar-refractivity contribution >= 4 is 45.0 Å². The second-order valence-electron chi connectivity index (χ2n) is 4.64. The van der Waals surface area contributed by atoms with Crippen LogP contribution in [-0.4, -0.2) is 16.2 Å². The van der Waals surface area contributed by atoms with Gasteiger partial charge in [-0.2, -0.15) is 13.2 Å². The maximum atomic E-state index is 12.9. The van der Waals surface area contributed by atoms with Gasteiger partial charge in [-0.15, -0.1) is 16.4 Å². The molecule has 130 valence electrons. The summed E-state index contributed by atoms with van der Waals surface area (Å²) in [5, 5.41) is 11.7. The van der Waals surface area contributed by atoms with E-state index in [-0.39, 0.29) is 17.6 Å². The first kappa shape index (κ1) is 17.4. The number of carbonyl (C=O) groups excluding carboxylic acids is 1. The van der Waals surface area contributed by atoms with Crippen molar-refractivity contribution < 1.29 is 22.4 Å². The largest absolute Gasteiger partial charge is 0.418 e. The summed E-state index contributed by atoms with van der Waals surface area (Å²) in [5.41, 5.74) is -1.34. The van der Waals surface area contributed by atoms with Gasteiger partial charge in [0, 0.05) is 0 Å². The summed E-state index contributed by atoms with van der Waals surface area (Å²) >= 11 is 4.64. The highest BCUT2D eigenvalue weighted by molar-refractivity contribution is 9.11. The molecule has 0 spiro atoms. The van der Waals surface area contributed by atoms with E-state index in [2.05, 4.69) is 36.8 Å². The summed E-state index contributed by atoms with van der Waals surface area (Å²) in [6.07, 6.45) is -4.59. The van der Waals surface area contributed by atoms with Crippen LogP contribution in [0.5, 0.6) is 0 Å². The smallest absolute Gasteiger partial charge is 0.402 e. The number of para-hydroxylation sites is 1. The van der Waals surface area contributed by atoms with Gasteiger partial charge in [0.15, 0.2) is 0 Å². The van der Waals surface area contributed by atoms with Gasteiger partial charge in [0.1, 0.15) is 0 Å². The molecule has 0 atom stereocenters. The topological polar surface area (TPSA) is 80.1 Å². The molecule has 11 heteroatoms. The van der Waals surface area contributed by atoms with E-state index in [9.17, 15) is 18.0 Å². The van der Waals surface area contributed by atoms with E-state index < -0.39 is 17.8 Å². The molecular formula is C14H8BrF3N4O2S. The Hall–Kier alpha value is -2.40. The Bertz CT molecular complexity index is 909. The van der Waals surface area contributed by atoms with Gasteiger partial charge >= 0.3 is 18.2 Å². The highest BCUT2D eigenvalue weighted by Gasteiger charge is 2.33. The Morgan fingerprint density at radius 2 is 1.88 bits per heavy atom. The molecule has 3 rings (SSSR count). The number of hydrogen-bond donors (Lipinski definition) is 2. The third-order valence-electron chi connectivity index (χ3n) is 2.91. The molecule has 0 fully saturated rings. The number of nitrogens with one attached hydrogen (secondary N) is 2. The van der Waals surface area contributed by atoms with E-state index in [4.69, 9.17) is 4.42 Å². The SMILES string of the molecule is O=C(Nc1nnc(-c2ccc(Br)s2)o1)Nc1ccccc1C(F)(F)F. The van der Waals surface area contributed by atoms with Gasteiger partial charge < -0.3 is 9.73 Å². The first-order valence-electron chi connectivity index (χ1n) is 6.66. The van der Waals surface area contributed by atoms with Gasteiger partial charge in [-0.1, -0.05) is 17.2 Å². The highest BCUT2D eigenvalue weighted by Crippen LogP contribution is 2.34. The van der Waals surface area contributed by atoms with E-state index in [1.807, 2.05) is 0 Å². The molecule has 2 aromatic heterocycles. The molecule has 2 amide bonds. The standard InChI is InChI=1S/C14H8BrF3N4O2S/c15-10-6-5-9(25-10)11-21-22-13(24-11)20-12(23)19-8-4-2-1-3-7(8)14(16,17)18/h1-6H,(H2,19,20,22,23). The van der Waals surface area contributed by atoms with Crippen LogP contribution in [0.25, 0.3) is 10.8 Å². The Balaban J connectivity index is 1.71. The van der Waals surface area contributed by atoms with Crippen molar-refractivity contribution in [2.75, 3.05) is 10.6 Å². The molecule has 2 heterocycles. The molecule has 0 unspecified atom stereocenters. The number of rotatable bonds is 3. The third kappa shape index (κ3) is 4.17. The van der Waals surface area contributed by atoms with Crippen molar-refractivity contribution in [2.45, 2.75) is 6.18 Å². The number of nitrogens with zero attached hydrogens (tertiary/aromatic N) is 2. The summed E-state index contributed by atoms with van der Waals surface area (Å²) in [6, 6.07) is 6.99. The van der Waals surface area contributed by atoms with E-state index in [0.717, 1.165) is 15.9 Å². The maximum absolute atomic E-state index is 12.9. The number of thiophene rings is 1. The van der Waals surface area contributed by atoms with Crippen LogP contribution in [-0.2, 0) is 6.18 Å². The number of aromatic nitrogens is 2. The van der Waals surface area contributed by atoms with Crippen molar-refractivity contribution in [3.8, 4) is 10.8 Å². The summed E-state index contributed by atoms with van der Waals surface area (Å²) in [7, 11) is 0. The van der Waals surface area contributed by atoms with E-state index in [1.165, 1.54) is 23.5 Å². The van der Waals surface area contributed by atoms with Crippen molar-refractivity contribution in [2.24, 2.45) is 0 Å². The average molecular weight is 433 g/mol. The number of amides is 2. The predicted octanol–water partition coefficient (Wildman–Crippen LogP) is 5.22. The molecule has 2 N–H and O–H groups in total. The first-order chi connectivity index (χ1) is 11.8. The van der Waals surface area contributed by atoms with E-state index in [0.29, 0.717) is 4.88 Å². The van der Waals surface area contributed by atoms with Gasteiger partial charge in [0.25, 0.3) is 5.89 Å². The minimum Gasteiger partial charge on any atom is -0.402 e. The molecule has 6 nitrogen and oxygen atoms in total. The van der Waals surface area contributed by atoms with Crippen LogP contribution in [0.3, 0.4) is 0 Å². The van der Waals surface area contributed by atoms with Crippen LogP contribution in [0.1, 0.15) is 5.56 Å². The lowest BCUT2D eigenvalue weighted by Crippen LogP contribution is -2.22. The third-order valence-corrected chi connectivity index (χ3v) is 4.52. The zero-order valence-corrected chi connectivity index (χ0v) is 14.5. The number of alkyl halides is 3. The lowest BCUT2D eigenvalue weighted by Gasteiger charge is -2.13. The quantitative estimate of drug-likeness (QED) is 0.594. The number of halogens is 4. The maximum Gasteiger partial charge on any atom is 0.418 e. The fraction of sp³-hybridized carbons (Fsp3) is 0.0714. The second-order valence-corrected chi connectivity index (χ2v) is 7.10. The van der Waals surface area contributed by atoms with Crippen LogP contribution in [0, 0.1) is 0 Å². The summed E-state index contributed by atoms with van der Waals surface area (Å²) in [6.45, 7) is 0. The van der Waals surface area contributed by atoms with Crippen molar-refractivity contribution in [1.29, 1.82) is 0 Å². The second kappa shape index (κ2) is 6.84. The lowest BCUT2D eigenvalue weighted by atomic mass is 10.1. The monoisotopic (exact) mass is 432 g/mol. The van der Waals surface area contributed by atoms with Crippen LogP contribution < -0.4 is 10.6 Å². The van der Waals surface area contributed by atoms with Crippen LogP contribution >= 0.6 is 27.3 Å². The summed E-state index contributed by atoms with van der Waals surface area (Å²) in [5.74, 6) is 0.182. The minimum atomic E-state index is -4.59. The molecule has 0 saturated heterocycles. The normalized spacial score (nSPS) is 11.4. The van der Waals surface area contributed by atoms with Gasteiger partial charge in [0.05, 0.1) is 19.9 Å². The van der Waals surface area contributed by atoms with Gasteiger partial charge in [-0.3, -0.25) is 5.32 Å². The Morgan fingerprint density at radius 3 is 2.56 bits per heavy atom. The fourth-order valence-corrected chi connectivity index (χ4v) is 3.20. The molecule has 0 aliphatic carbocycles. The summed E-state index contributed by atoms with van der Waals surface area (Å²) < 4.78 is 44.8. The van der Waals surface area contributed by atoms with Crippen LogP contribution in [0.4, 0.5) is 29.7 Å². The number of anilines is 2. The van der Waals surface area contributed by atoms with Crippen molar-refractivity contribution in [3.63, 3.8) is 0 Å². The van der Waals surface area contributed by atoms with Gasteiger partial charge in [-0.25, -0.2) is 4.79 Å². The van der Waals surface area contributed by atoms with Crippen LogP contribution in [0.15, 0.2) is 44.6 Å². The Kier molecular flexibility index (Phi) is 4.77. The minimum absolute atomic E-state index is 0.182. The Morgan fingerprint density at radius 1 is 1.12 bits per heavy atom. The zero-order chi connectivity index (χ0) is 18.0. The number of hydrogen-bond acceptors (Lipinski definition) is 5. The molecule has 0 bridgehead atoms. The average Bonchev–Trinajstić information content (AvgIpc) is 3.15. The molecule has 0 saturated carbocycles. The van der Waals surface area contributed by atoms with Gasteiger partial charge in [-0.05, 0) is 40.2 Å². The molecule has 0 aliphatic rings. The molecule has 0 radical (unpaired) electrons. The number of benzene rings is 1. The van der Waals surface area contributed by atoms with E-state index >= 15 is 0 Å². The van der Waals surface area contributed by atoms with Crippen molar-refractivity contribution in [1.82, 2.24) is 10.2 Å². The molecule has 3 aromatic rings. The first-order valence-corrected chi connectivity index (χ1v) is 8.27. The van der Waals surface area contributed by atoms with Gasteiger partial charge in [0.2, 0.25) is 0 Å². The fourth-order valence-electron chi connectivity index (χ4n) is 1.89. The predicted molar refractivity (Wildman–Crippen MR) is 89.4 cm³/mol. The molecule has 1 aromatic carbocycles. The van der Waals surface area contributed by atoms with Crippen LogP contribution in [0.2, 0.25) is 0 Å². The zero-order valence-electron chi connectivity index (χ0n) is 12.1. The molecular weight excluding hydrogens is 425 g/mol. The number of carbonyl (C=O) groups is 1. The van der Waals surface area contributed by atoms with E-state index in [1.54, 1.807) is 12.1 Å². The summed E-state index contributed by atoms with van der Waals surface area (Å²) in [4.78, 5) is 12.6. The molecule has 25 heavy (non-hydrogen) atoms. The highest BCUT2D eigenvalue weighted by atomic mass is 79.9.